The molecule has 0 spiro atoms. The van der Waals surface area contributed by atoms with Crippen LogP contribution in [-0.2, 0) is 51.0 Å². The number of likely N-dealkylation sites (N-methyl/N-ethyl adjacent to an activating group) is 2. The van der Waals surface area contributed by atoms with Crippen LogP contribution < -0.4 is 5.32 Å². The van der Waals surface area contributed by atoms with Crippen molar-refractivity contribution in [2.24, 2.45) is 17.8 Å². The van der Waals surface area contributed by atoms with Gasteiger partial charge in [-0.05, 0) is 107 Å². The highest BCUT2D eigenvalue weighted by molar-refractivity contribution is 5.73. The van der Waals surface area contributed by atoms with Gasteiger partial charge in [-0.2, -0.15) is 0 Å². The molecule has 0 unspecified atom stereocenters. The molecular weight excluding hydrogens is 893 g/mol. The average molecular weight is 977 g/mol. The molecule has 392 valence electrons. The molecule has 5 N–H and O–H groups in total. The first-order chi connectivity index (χ1) is 32.2. The Morgan fingerprint density at radius 2 is 1.71 bits per heavy atom. The van der Waals surface area contributed by atoms with E-state index in [1.54, 1.807) is 52.4 Å². The van der Waals surface area contributed by atoms with Crippen LogP contribution in [0.1, 0.15) is 112 Å². The molecule has 4 heterocycles. The Morgan fingerprint density at radius 1 is 1.01 bits per heavy atom. The monoisotopic (exact) mass is 977 g/mol. The Bertz CT molecular complexity index is 1970. The van der Waals surface area contributed by atoms with Gasteiger partial charge in [0.25, 0.3) is 0 Å². The van der Waals surface area contributed by atoms with Gasteiger partial charge in [-0.1, -0.05) is 55.8 Å². The van der Waals surface area contributed by atoms with E-state index < -0.39 is 102 Å². The highest BCUT2D eigenvalue weighted by Crippen LogP contribution is 2.41. The van der Waals surface area contributed by atoms with Crippen molar-refractivity contribution in [3.63, 3.8) is 0 Å². The summed E-state index contributed by atoms with van der Waals surface area (Å²) in [4.78, 5) is 31.8. The molecule has 1 amide bonds. The van der Waals surface area contributed by atoms with Crippen molar-refractivity contribution in [2.75, 3.05) is 34.8 Å². The van der Waals surface area contributed by atoms with Gasteiger partial charge < -0.3 is 68.7 Å². The van der Waals surface area contributed by atoms with Crippen molar-refractivity contribution in [1.29, 1.82) is 0 Å². The number of amides is 1. The minimum atomic E-state index is -1.85. The van der Waals surface area contributed by atoms with Gasteiger partial charge in [0.2, 0.25) is 0 Å². The molecule has 0 radical (unpaired) electrons. The van der Waals surface area contributed by atoms with E-state index in [-0.39, 0.29) is 43.9 Å². The summed E-state index contributed by atoms with van der Waals surface area (Å²) in [6.45, 7) is 20.6. The summed E-state index contributed by atoms with van der Waals surface area (Å²) in [5.41, 5.74) is -1.89. The van der Waals surface area contributed by atoms with Crippen molar-refractivity contribution >= 4 is 12.1 Å². The Labute approximate surface area is 409 Å². The predicted molar refractivity (Wildman–Crippen MR) is 256 cm³/mol. The zero-order valence-corrected chi connectivity index (χ0v) is 43.7. The third-order valence-electron chi connectivity index (χ3n) is 14.8. The van der Waals surface area contributed by atoms with Crippen LogP contribution in [0.3, 0.4) is 0 Å². The highest BCUT2D eigenvalue weighted by Gasteiger charge is 2.54. The molecule has 5 rings (SSSR count). The average Bonchev–Trinajstić information content (AvgIpc) is 3.72. The largest absolute Gasteiger partial charge is 0.459 e. The maximum Gasteiger partial charge on any atom is 0.407 e. The lowest BCUT2D eigenvalue weighted by Gasteiger charge is -2.49. The number of carbonyl (C=O) groups excluding carboxylic acids is 2. The van der Waals surface area contributed by atoms with Crippen LogP contribution >= 0.6 is 0 Å². The van der Waals surface area contributed by atoms with E-state index in [9.17, 15) is 30.0 Å². The molecule has 1 aromatic carbocycles. The first kappa shape index (κ1) is 56.6. The molecule has 3 saturated heterocycles. The highest BCUT2D eigenvalue weighted by atomic mass is 16.7. The minimum Gasteiger partial charge on any atom is -0.459 e. The van der Waals surface area contributed by atoms with Gasteiger partial charge in [0, 0.05) is 38.1 Å². The lowest BCUT2D eigenvalue weighted by molar-refractivity contribution is -0.317. The number of ether oxygens (including phenoxy) is 7. The molecule has 19 heteroatoms. The number of cyclic esters (lactones) is 1. The summed E-state index contributed by atoms with van der Waals surface area (Å²) in [5, 5.41) is 59.2. The normalized spacial score (nSPS) is 40.1. The number of alkyl carbamates (subject to hydrolysis) is 1. The minimum absolute atomic E-state index is 0.0399. The molecule has 0 bridgehead atoms. The van der Waals surface area contributed by atoms with Gasteiger partial charge in [0.05, 0.1) is 55.2 Å². The molecule has 69 heavy (non-hydrogen) atoms. The second-order valence-corrected chi connectivity index (χ2v) is 21.3. The van der Waals surface area contributed by atoms with Crippen molar-refractivity contribution in [3.05, 3.63) is 47.3 Å². The summed E-state index contributed by atoms with van der Waals surface area (Å²) in [6, 6.07) is 7.21. The third-order valence-corrected chi connectivity index (χ3v) is 14.8. The number of nitrogens with one attached hydrogen (secondary N) is 1. The lowest BCUT2D eigenvalue weighted by Crippen LogP contribution is -2.61. The third kappa shape index (κ3) is 13.8. The second kappa shape index (κ2) is 23.5. The van der Waals surface area contributed by atoms with Gasteiger partial charge in [-0.25, -0.2) is 9.48 Å². The Morgan fingerprint density at radius 3 is 2.35 bits per heavy atom. The number of aromatic nitrogens is 3. The summed E-state index contributed by atoms with van der Waals surface area (Å²) < 4.78 is 46.4. The number of carbonyl (C=O) groups is 2. The van der Waals surface area contributed by atoms with Crippen molar-refractivity contribution in [3.8, 4) is 0 Å². The Kier molecular flexibility index (Phi) is 19.2. The van der Waals surface area contributed by atoms with Crippen LogP contribution in [0.15, 0.2) is 30.5 Å². The van der Waals surface area contributed by atoms with E-state index >= 15 is 0 Å². The van der Waals surface area contributed by atoms with E-state index in [4.69, 9.17) is 33.2 Å². The Hall–Kier alpha value is -3.34. The number of methoxy groups -OCH3 is 1. The van der Waals surface area contributed by atoms with E-state index in [1.807, 2.05) is 76.8 Å². The van der Waals surface area contributed by atoms with Gasteiger partial charge in [-0.15, -0.1) is 5.10 Å². The van der Waals surface area contributed by atoms with Gasteiger partial charge in [0.1, 0.15) is 35.2 Å². The number of nitrogens with zero attached hydrogens (tertiary/aromatic N) is 5. The molecule has 0 saturated carbocycles. The maximum atomic E-state index is 14.5. The standard InChI is InChI=1S/C50H84N6O13/c1-16-38-50(11,62)42(58)33(7)55(14)25-29(3)22-48(9,61)43(68-46-40(57)37(54(12)13)21-30(4)64-46)31(5)41(32(6)45(59)66-38)67-39-23-49(10,63-15)44(34(8)65-39)69-47(60)51-24-36-27-56(53-52-36)26-35-19-17-18-28(2)20-35/h17-20,27,29-34,37-44,46,57-58,61-62H,16,21-26H2,1-15H3,(H,51,60)/t29-,30-,31+,32-,33-,34+,37+,38+,39+,40-,41-,42+,43-,44+,46+,48-,49-,50-/m1/s1. The van der Waals surface area contributed by atoms with Crippen LogP contribution in [0.2, 0.25) is 0 Å². The molecule has 18 atom stereocenters. The van der Waals surface area contributed by atoms with E-state index in [1.165, 1.54) is 14.0 Å². The molecule has 3 aliphatic rings. The molecule has 19 nitrogen and oxygen atoms in total. The van der Waals surface area contributed by atoms with Crippen LogP contribution in [0.5, 0.6) is 0 Å². The van der Waals surface area contributed by atoms with E-state index in [2.05, 4.69) is 21.7 Å². The smallest absolute Gasteiger partial charge is 0.407 e. The van der Waals surface area contributed by atoms with Crippen LogP contribution in [0, 0.1) is 24.7 Å². The first-order valence-electron chi connectivity index (χ1n) is 24.6. The number of benzene rings is 1. The topological polar surface area (TPSA) is 229 Å². The zero-order valence-electron chi connectivity index (χ0n) is 43.7. The number of aliphatic hydroxyl groups excluding tert-OH is 2. The fraction of sp³-hybridized carbons (Fsp3) is 0.800. The second-order valence-electron chi connectivity index (χ2n) is 21.3. The fourth-order valence-corrected chi connectivity index (χ4v) is 10.8. The number of hydrogen-bond acceptors (Lipinski definition) is 17. The van der Waals surface area contributed by atoms with Crippen LogP contribution in [0.4, 0.5) is 4.79 Å². The van der Waals surface area contributed by atoms with Crippen molar-refractivity contribution in [2.45, 2.75) is 205 Å². The molecule has 2 aromatic rings. The Balaban J connectivity index is 1.43. The van der Waals surface area contributed by atoms with Crippen LogP contribution in [0.25, 0.3) is 0 Å². The zero-order chi connectivity index (χ0) is 51.3. The predicted octanol–water partition coefficient (Wildman–Crippen LogP) is 3.78. The number of esters is 1. The molecule has 0 aliphatic carbocycles. The van der Waals surface area contributed by atoms with Crippen molar-refractivity contribution in [1.82, 2.24) is 30.1 Å². The van der Waals surface area contributed by atoms with E-state index in [0.717, 1.165) is 11.1 Å². The maximum absolute atomic E-state index is 14.5. The summed E-state index contributed by atoms with van der Waals surface area (Å²) in [6.07, 6.45) is -7.95. The van der Waals surface area contributed by atoms with Gasteiger partial charge in [-0.3, -0.25) is 4.79 Å². The molecule has 1 aromatic heterocycles. The van der Waals surface area contributed by atoms with E-state index in [0.29, 0.717) is 25.2 Å². The molecule has 3 fully saturated rings. The van der Waals surface area contributed by atoms with Crippen molar-refractivity contribution < 1.29 is 63.2 Å². The lowest BCUT2D eigenvalue weighted by atomic mass is 9.77. The fourth-order valence-electron chi connectivity index (χ4n) is 10.8. The molecule has 3 aliphatic heterocycles. The summed E-state index contributed by atoms with van der Waals surface area (Å²) in [7, 11) is 7.10. The van der Waals surface area contributed by atoms with Gasteiger partial charge >= 0.3 is 12.1 Å². The number of hydrogen-bond donors (Lipinski definition) is 5. The van der Waals surface area contributed by atoms with Crippen LogP contribution in [-0.4, -0.2) is 182 Å². The first-order valence-corrected chi connectivity index (χ1v) is 24.6. The summed E-state index contributed by atoms with van der Waals surface area (Å²) >= 11 is 0. The van der Waals surface area contributed by atoms with Gasteiger partial charge in [0.15, 0.2) is 18.7 Å². The number of rotatable bonds is 12. The SMILES string of the molecule is CC[C@@H]1OC(=O)[C@H](C)[C@H](O[C@H]2C[C@@](C)(OC)[C@@H](OC(=O)NCc3cn(Cc4cccc(C)c4)nn3)[C@H](C)O2)[C@H](C)[C@@H](O[C@@H]2O[C@H](C)C[C@H](N(C)C)[C@H]2O)[C@](C)(O)C[C@@H](C)CN(C)[C@H](C)[C@H](O)[C@]1(C)O. The number of aliphatic hydroxyl groups is 4. The quantitative estimate of drug-likeness (QED) is 0.191. The summed E-state index contributed by atoms with van der Waals surface area (Å²) in [5.74, 6) is -2.82. The molecular formula is C50H84N6O13. The number of aryl methyl sites for hydroxylation is 1.